The summed E-state index contributed by atoms with van der Waals surface area (Å²) in [6.07, 6.45) is 1.45. The molecule has 0 radical (unpaired) electrons. The molecule has 0 saturated heterocycles. The number of hydrogen-bond acceptors (Lipinski definition) is 6. The Morgan fingerprint density at radius 3 is 2.39 bits per heavy atom. The molecule has 4 rings (SSSR count). The van der Waals surface area contributed by atoms with Crippen LogP contribution >= 0.6 is 0 Å². The van der Waals surface area contributed by atoms with Crippen LogP contribution in [0.5, 0.6) is 0 Å². The smallest absolute Gasteiger partial charge is 0.287 e. The monoisotopic (exact) mass is 443 g/mol. The molecule has 1 N–H and O–H groups in total. The molecule has 0 amide bonds. The van der Waals surface area contributed by atoms with E-state index < -0.39 is 0 Å². The highest BCUT2D eigenvalue weighted by atomic mass is 16.7. The van der Waals surface area contributed by atoms with E-state index in [-0.39, 0.29) is 12.2 Å². The Morgan fingerprint density at radius 1 is 0.970 bits per heavy atom. The normalized spacial score (nSPS) is 10.9. The van der Waals surface area contributed by atoms with Gasteiger partial charge in [0.05, 0.1) is 16.8 Å². The van der Waals surface area contributed by atoms with Gasteiger partial charge in [0.2, 0.25) is 0 Å². The van der Waals surface area contributed by atoms with Crippen molar-refractivity contribution >= 4 is 22.4 Å². The Morgan fingerprint density at radius 2 is 1.70 bits per heavy atom. The van der Waals surface area contributed by atoms with E-state index in [0.717, 1.165) is 35.3 Å². The van der Waals surface area contributed by atoms with Gasteiger partial charge in [0.1, 0.15) is 12.9 Å². The van der Waals surface area contributed by atoms with Crippen LogP contribution in [0.1, 0.15) is 30.7 Å². The number of pyridine rings is 1. The third-order valence-corrected chi connectivity index (χ3v) is 5.70. The topological polar surface area (TPSA) is 72.3 Å². The predicted octanol–water partition coefficient (Wildman–Crippen LogP) is 4.19. The summed E-state index contributed by atoms with van der Waals surface area (Å²) in [5.41, 5.74) is 4.94. The zero-order valence-corrected chi connectivity index (χ0v) is 19.3. The quantitative estimate of drug-likeness (QED) is 0.418. The minimum absolute atomic E-state index is 0.268. The van der Waals surface area contributed by atoms with Crippen LogP contribution in [0.25, 0.3) is 11.0 Å². The zero-order valence-electron chi connectivity index (χ0n) is 19.3. The molecule has 2 aromatic carbocycles. The second-order valence-corrected chi connectivity index (χ2v) is 7.80. The SMILES string of the molecule is CCN(CC)c1ccc(CNc2cc(=O)n(OCc3ccccc3)c3ncnc(C)c23)cc1. The summed E-state index contributed by atoms with van der Waals surface area (Å²) in [6.45, 7) is 9.01. The number of rotatable bonds is 9. The van der Waals surface area contributed by atoms with Gasteiger partial charge >= 0.3 is 0 Å². The first-order valence-electron chi connectivity index (χ1n) is 11.2. The lowest BCUT2D eigenvalue weighted by atomic mass is 10.1. The molecule has 0 aliphatic heterocycles. The number of aromatic nitrogens is 3. The van der Waals surface area contributed by atoms with E-state index in [2.05, 4.69) is 58.3 Å². The highest BCUT2D eigenvalue weighted by Gasteiger charge is 2.14. The number of nitrogens with zero attached hydrogens (tertiary/aromatic N) is 4. The third kappa shape index (κ3) is 4.98. The molecule has 0 aliphatic rings. The fraction of sp³-hybridized carbons (Fsp3) is 0.269. The highest BCUT2D eigenvalue weighted by Crippen LogP contribution is 2.23. The number of aryl methyl sites for hydroxylation is 1. The van der Waals surface area contributed by atoms with Crippen LogP contribution in [0, 0.1) is 6.92 Å². The van der Waals surface area contributed by atoms with Gasteiger partial charge in [0.25, 0.3) is 5.56 Å². The molecule has 170 valence electrons. The number of nitrogens with one attached hydrogen (secondary N) is 1. The molecule has 0 atom stereocenters. The van der Waals surface area contributed by atoms with Crippen LogP contribution in [-0.4, -0.2) is 27.8 Å². The maximum Gasteiger partial charge on any atom is 0.287 e. The van der Waals surface area contributed by atoms with Crippen LogP contribution < -0.4 is 20.6 Å². The maximum atomic E-state index is 12.9. The number of fused-ring (bicyclic) bond motifs is 1. The predicted molar refractivity (Wildman–Crippen MR) is 133 cm³/mol. The Labute approximate surface area is 193 Å². The first-order chi connectivity index (χ1) is 16.1. The van der Waals surface area contributed by atoms with Crippen LogP contribution in [0.15, 0.2) is 71.8 Å². The average molecular weight is 444 g/mol. The minimum atomic E-state index is -0.282. The van der Waals surface area contributed by atoms with Gasteiger partial charge in [-0.1, -0.05) is 42.5 Å². The molecule has 2 heterocycles. The van der Waals surface area contributed by atoms with Gasteiger partial charge in [-0.15, -0.1) is 4.73 Å². The van der Waals surface area contributed by atoms with Crippen molar-refractivity contribution in [3.63, 3.8) is 0 Å². The molecule has 0 fully saturated rings. The summed E-state index contributed by atoms with van der Waals surface area (Å²) in [6, 6.07) is 19.8. The van der Waals surface area contributed by atoms with E-state index in [9.17, 15) is 4.79 Å². The fourth-order valence-electron chi connectivity index (χ4n) is 3.88. The Bertz CT molecular complexity index is 1270. The van der Waals surface area contributed by atoms with E-state index in [1.54, 1.807) is 6.07 Å². The third-order valence-electron chi connectivity index (χ3n) is 5.70. The van der Waals surface area contributed by atoms with Gasteiger partial charge in [0, 0.05) is 31.4 Å². The van der Waals surface area contributed by atoms with Crippen molar-refractivity contribution in [1.82, 2.24) is 14.7 Å². The second kappa shape index (κ2) is 10.2. The first kappa shape index (κ1) is 22.3. The van der Waals surface area contributed by atoms with Gasteiger partial charge < -0.3 is 15.1 Å². The van der Waals surface area contributed by atoms with Crippen LogP contribution in [0.4, 0.5) is 11.4 Å². The van der Waals surface area contributed by atoms with Crippen molar-refractivity contribution in [2.45, 2.75) is 33.9 Å². The molecule has 0 aliphatic carbocycles. The van der Waals surface area contributed by atoms with E-state index in [1.807, 2.05) is 37.3 Å². The highest BCUT2D eigenvalue weighted by molar-refractivity contribution is 5.90. The summed E-state index contributed by atoms with van der Waals surface area (Å²) < 4.78 is 1.25. The van der Waals surface area contributed by atoms with Gasteiger partial charge in [-0.25, -0.2) is 9.97 Å². The van der Waals surface area contributed by atoms with E-state index in [4.69, 9.17) is 4.84 Å². The largest absolute Gasteiger partial charge is 0.404 e. The molecule has 7 nitrogen and oxygen atoms in total. The van der Waals surface area contributed by atoms with E-state index >= 15 is 0 Å². The van der Waals surface area contributed by atoms with Crippen molar-refractivity contribution in [3.8, 4) is 0 Å². The average Bonchev–Trinajstić information content (AvgIpc) is 2.84. The lowest BCUT2D eigenvalue weighted by molar-refractivity contribution is 0.0979. The molecule has 2 aromatic heterocycles. The molecule has 4 aromatic rings. The molecule has 33 heavy (non-hydrogen) atoms. The number of hydrogen-bond donors (Lipinski definition) is 1. The molecule has 0 unspecified atom stereocenters. The van der Waals surface area contributed by atoms with Crippen molar-refractivity contribution in [3.05, 3.63) is 94.2 Å². The van der Waals surface area contributed by atoms with Gasteiger partial charge in [-0.2, -0.15) is 0 Å². The standard InChI is InChI=1S/C26H29N5O2/c1-4-30(5-2)22-13-11-20(12-14-22)16-27-23-15-24(32)31(26-25(23)19(3)28-18-29-26)33-17-21-9-7-6-8-10-21/h6-15,18,27H,4-5,16-17H2,1-3H3. The van der Waals surface area contributed by atoms with Gasteiger partial charge in [0.15, 0.2) is 5.65 Å². The summed E-state index contributed by atoms with van der Waals surface area (Å²) in [7, 11) is 0. The van der Waals surface area contributed by atoms with E-state index in [0.29, 0.717) is 17.9 Å². The van der Waals surface area contributed by atoms with Crippen LogP contribution in [-0.2, 0) is 13.2 Å². The number of anilines is 2. The van der Waals surface area contributed by atoms with Crippen molar-refractivity contribution < 1.29 is 4.84 Å². The molecular weight excluding hydrogens is 414 g/mol. The van der Waals surface area contributed by atoms with Crippen molar-refractivity contribution in [2.75, 3.05) is 23.3 Å². The number of benzene rings is 2. The second-order valence-electron chi connectivity index (χ2n) is 7.80. The summed E-state index contributed by atoms with van der Waals surface area (Å²) in [4.78, 5) is 29.8. The lowest BCUT2D eigenvalue weighted by Gasteiger charge is -2.21. The molecule has 0 saturated carbocycles. The Hall–Kier alpha value is -3.87. The summed E-state index contributed by atoms with van der Waals surface area (Å²) >= 11 is 0. The Balaban J connectivity index is 1.59. The molecule has 7 heteroatoms. The Kier molecular flexibility index (Phi) is 6.88. The minimum Gasteiger partial charge on any atom is -0.404 e. The van der Waals surface area contributed by atoms with Crippen LogP contribution in [0.3, 0.4) is 0 Å². The summed E-state index contributed by atoms with van der Waals surface area (Å²) in [5, 5.41) is 4.17. The van der Waals surface area contributed by atoms with Gasteiger partial charge in [-0.05, 0) is 44.0 Å². The van der Waals surface area contributed by atoms with E-state index in [1.165, 1.54) is 16.7 Å². The van der Waals surface area contributed by atoms with Crippen LogP contribution in [0.2, 0.25) is 0 Å². The molecule has 0 bridgehead atoms. The summed E-state index contributed by atoms with van der Waals surface area (Å²) in [5.74, 6) is 0. The maximum absolute atomic E-state index is 12.9. The molecular formula is C26H29N5O2. The first-order valence-corrected chi connectivity index (χ1v) is 11.2. The van der Waals surface area contributed by atoms with Crippen molar-refractivity contribution in [2.24, 2.45) is 0 Å². The lowest BCUT2D eigenvalue weighted by Crippen LogP contribution is -2.28. The van der Waals surface area contributed by atoms with Gasteiger partial charge in [-0.3, -0.25) is 4.79 Å². The zero-order chi connectivity index (χ0) is 23.2. The fourth-order valence-corrected chi connectivity index (χ4v) is 3.88. The van der Waals surface area contributed by atoms with Crippen molar-refractivity contribution in [1.29, 1.82) is 0 Å². The molecule has 0 spiro atoms.